The third-order valence-corrected chi connectivity index (χ3v) is 6.08. The number of carbonyl (C=O) groups is 1. The van der Waals surface area contributed by atoms with E-state index in [1.165, 1.54) is 5.56 Å². The summed E-state index contributed by atoms with van der Waals surface area (Å²) in [6.45, 7) is 10.7. The zero-order valence-corrected chi connectivity index (χ0v) is 16.1. The van der Waals surface area contributed by atoms with Gasteiger partial charge in [-0.05, 0) is 23.6 Å². The average molecular weight is 374 g/mol. The first-order valence-electron chi connectivity index (χ1n) is 9.88. The molecule has 4 nitrogen and oxygen atoms in total. The first kappa shape index (κ1) is 18.7. The maximum atomic E-state index is 13.4. The van der Waals surface area contributed by atoms with Gasteiger partial charge in [-0.1, -0.05) is 60.7 Å². The van der Waals surface area contributed by atoms with Crippen molar-refractivity contribution in [1.29, 1.82) is 0 Å². The molecular formula is C24H27N3O. The van der Waals surface area contributed by atoms with Crippen LogP contribution >= 0.6 is 0 Å². The molecule has 1 fully saturated rings. The molecule has 0 saturated carbocycles. The van der Waals surface area contributed by atoms with Gasteiger partial charge in [0.05, 0.1) is 5.41 Å². The van der Waals surface area contributed by atoms with Crippen molar-refractivity contribution in [2.45, 2.75) is 23.9 Å². The second-order valence-corrected chi connectivity index (χ2v) is 7.51. The lowest BCUT2D eigenvalue weighted by Crippen LogP contribution is -2.58. The summed E-state index contributed by atoms with van der Waals surface area (Å²) in [7, 11) is 0. The van der Waals surface area contributed by atoms with E-state index in [9.17, 15) is 4.79 Å². The number of rotatable bonds is 6. The van der Waals surface area contributed by atoms with Crippen molar-refractivity contribution in [3.05, 3.63) is 91.0 Å². The van der Waals surface area contributed by atoms with Gasteiger partial charge < -0.3 is 10.6 Å². The fraction of sp³-hybridized carbons (Fsp3) is 0.292. The third kappa shape index (κ3) is 2.89. The molecule has 0 aromatic heterocycles. The molecule has 0 bridgehead atoms. The van der Waals surface area contributed by atoms with Crippen LogP contribution in [-0.4, -0.2) is 36.5 Å². The number of amides is 1. The Balaban J connectivity index is 1.82. The summed E-state index contributed by atoms with van der Waals surface area (Å²) in [5, 5.41) is 6.62. The molecule has 2 N–H and O–H groups in total. The largest absolute Gasteiger partial charge is 0.325 e. The SMILES string of the molecule is C=CCC1(C(C=C)N2CCNCC2c2ccccc2)C(=O)Nc2ccccc21. The molecule has 28 heavy (non-hydrogen) atoms. The number of piperazine rings is 1. The normalized spacial score (nSPS) is 25.6. The van der Waals surface area contributed by atoms with Gasteiger partial charge in [0.1, 0.15) is 0 Å². The monoisotopic (exact) mass is 373 g/mol. The number of carbonyl (C=O) groups excluding carboxylic acids is 1. The predicted octanol–water partition coefficient (Wildman–Crippen LogP) is 3.65. The fourth-order valence-electron chi connectivity index (χ4n) is 4.84. The lowest BCUT2D eigenvalue weighted by molar-refractivity contribution is -0.123. The average Bonchev–Trinajstić information content (AvgIpc) is 3.02. The van der Waals surface area contributed by atoms with E-state index in [-0.39, 0.29) is 18.0 Å². The van der Waals surface area contributed by atoms with Crippen LogP contribution < -0.4 is 10.6 Å². The fourth-order valence-corrected chi connectivity index (χ4v) is 4.84. The van der Waals surface area contributed by atoms with Crippen molar-refractivity contribution in [1.82, 2.24) is 10.2 Å². The Kier molecular flexibility index (Phi) is 5.16. The molecule has 3 atom stereocenters. The van der Waals surface area contributed by atoms with Gasteiger partial charge in [0.2, 0.25) is 5.91 Å². The minimum absolute atomic E-state index is 0.0313. The van der Waals surface area contributed by atoms with Crippen LogP contribution in [0.1, 0.15) is 23.6 Å². The quantitative estimate of drug-likeness (QED) is 0.760. The Morgan fingerprint density at radius 3 is 2.64 bits per heavy atom. The summed E-state index contributed by atoms with van der Waals surface area (Å²) in [6.07, 6.45) is 4.38. The molecule has 2 heterocycles. The number of para-hydroxylation sites is 1. The lowest BCUT2D eigenvalue weighted by Gasteiger charge is -2.47. The highest BCUT2D eigenvalue weighted by molar-refractivity contribution is 6.07. The molecule has 0 radical (unpaired) electrons. The van der Waals surface area contributed by atoms with E-state index in [1.54, 1.807) is 0 Å². The Labute approximate surface area is 166 Å². The van der Waals surface area contributed by atoms with Gasteiger partial charge in [-0.2, -0.15) is 0 Å². The number of benzene rings is 2. The van der Waals surface area contributed by atoms with Crippen LogP contribution in [0.25, 0.3) is 0 Å². The van der Waals surface area contributed by atoms with Crippen LogP contribution in [0.3, 0.4) is 0 Å². The van der Waals surface area contributed by atoms with Crippen molar-refractivity contribution >= 4 is 11.6 Å². The van der Waals surface area contributed by atoms with Gasteiger partial charge in [0, 0.05) is 37.4 Å². The summed E-state index contributed by atoms with van der Waals surface area (Å²) in [5.74, 6) is 0.0313. The van der Waals surface area contributed by atoms with E-state index in [1.807, 2.05) is 36.4 Å². The van der Waals surface area contributed by atoms with Crippen LogP contribution in [0.5, 0.6) is 0 Å². The molecule has 2 aliphatic rings. The molecule has 4 heteroatoms. The molecule has 4 rings (SSSR count). The second-order valence-electron chi connectivity index (χ2n) is 7.51. The number of hydrogen-bond donors (Lipinski definition) is 2. The summed E-state index contributed by atoms with van der Waals surface area (Å²) in [6, 6.07) is 18.5. The number of fused-ring (bicyclic) bond motifs is 1. The minimum Gasteiger partial charge on any atom is -0.325 e. The number of anilines is 1. The molecule has 2 aliphatic heterocycles. The van der Waals surface area contributed by atoms with E-state index in [4.69, 9.17) is 0 Å². The first-order chi connectivity index (χ1) is 13.7. The highest BCUT2D eigenvalue weighted by Crippen LogP contribution is 2.46. The summed E-state index contributed by atoms with van der Waals surface area (Å²) in [5.41, 5.74) is 2.47. The van der Waals surface area contributed by atoms with Crippen LogP contribution in [0.15, 0.2) is 79.9 Å². The maximum Gasteiger partial charge on any atom is 0.237 e. The van der Waals surface area contributed by atoms with Crippen molar-refractivity contribution in [2.75, 3.05) is 25.0 Å². The van der Waals surface area contributed by atoms with E-state index in [2.05, 4.69) is 59.0 Å². The Hall–Kier alpha value is -2.69. The van der Waals surface area contributed by atoms with Crippen molar-refractivity contribution in [3.63, 3.8) is 0 Å². The number of nitrogens with one attached hydrogen (secondary N) is 2. The number of allylic oxidation sites excluding steroid dienone is 1. The molecule has 0 aliphatic carbocycles. The summed E-state index contributed by atoms with van der Waals surface area (Å²) in [4.78, 5) is 15.8. The maximum absolute atomic E-state index is 13.4. The topological polar surface area (TPSA) is 44.4 Å². The van der Waals surface area contributed by atoms with Gasteiger partial charge >= 0.3 is 0 Å². The van der Waals surface area contributed by atoms with Gasteiger partial charge in [0.15, 0.2) is 0 Å². The van der Waals surface area contributed by atoms with E-state index in [0.717, 1.165) is 30.9 Å². The molecule has 144 valence electrons. The highest BCUT2D eigenvalue weighted by atomic mass is 16.2. The molecule has 2 aromatic rings. The van der Waals surface area contributed by atoms with Crippen molar-refractivity contribution in [2.24, 2.45) is 0 Å². The molecule has 1 saturated heterocycles. The highest BCUT2D eigenvalue weighted by Gasteiger charge is 2.53. The van der Waals surface area contributed by atoms with Crippen LogP contribution in [0.4, 0.5) is 5.69 Å². The Morgan fingerprint density at radius 1 is 1.14 bits per heavy atom. The number of nitrogens with zero attached hydrogens (tertiary/aromatic N) is 1. The molecule has 1 amide bonds. The van der Waals surface area contributed by atoms with E-state index in [0.29, 0.717) is 6.42 Å². The van der Waals surface area contributed by atoms with Crippen molar-refractivity contribution in [3.8, 4) is 0 Å². The van der Waals surface area contributed by atoms with Gasteiger partial charge in [0.25, 0.3) is 0 Å². The summed E-state index contributed by atoms with van der Waals surface area (Å²) >= 11 is 0. The van der Waals surface area contributed by atoms with Crippen LogP contribution in [0, 0.1) is 0 Å². The molecule has 3 unspecified atom stereocenters. The van der Waals surface area contributed by atoms with Crippen LogP contribution in [0.2, 0.25) is 0 Å². The van der Waals surface area contributed by atoms with E-state index >= 15 is 0 Å². The van der Waals surface area contributed by atoms with Crippen molar-refractivity contribution < 1.29 is 4.79 Å². The second kappa shape index (κ2) is 7.74. The first-order valence-corrected chi connectivity index (χ1v) is 9.88. The van der Waals surface area contributed by atoms with E-state index < -0.39 is 5.41 Å². The van der Waals surface area contributed by atoms with Gasteiger partial charge in [-0.3, -0.25) is 9.69 Å². The standard InChI is InChI=1S/C24H27N3O/c1-3-14-24(19-12-8-9-13-20(19)26-23(24)28)22(4-2)27-16-15-25-17-21(27)18-10-6-5-7-11-18/h3-13,21-22,25H,1-2,14-17H2,(H,26,28). The Morgan fingerprint density at radius 2 is 1.89 bits per heavy atom. The smallest absolute Gasteiger partial charge is 0.237 e. The minimum atomic E-state index is -0.718. The number of hydrogen-bond acceptors (Lipinski definition) is 3. The zero-order valence-electron chi connectivity index (χ0n) is 16.1. The van der Waals surface area contributed by atoms with Gasteiger partial charge in [-0.15, -0.1) is 13.2 Å². The zero-order chi connectivity index (χ0) is 19.6. The molecular weight excluding hydrogens is 346 g/mol. The summed E-state index contributed by atoms with van der Waals surface area (Å²) < 4.78 is 0. The third-order valence-electron chi connectivity index (χ3n) is 6.08. The Bertz CT molecular complexity index is 878. The predicted molar refractivity (Wildman–Crippen MR) is 114 cm³/mol. The van der Waals surface area contributed by atoms with Crippen LogP contribution in [-0.2, 0) is 10.2 Å². The molecule has 0 spiro atoms. The lowest BCUT2D eigenvalue weighted by atomic mass is 9.71. The van der Waals surface area contributed by atoms with Gasteiger partial charge in [-0.25, -0.2) is 0 Å². The molecule has 2 aromatic carbocycles.